The number of nitrogens with one attached hydrogen (secondary N) is 2. The van der Waals surface area contributed by atoms with Gasteiger partial charge in [-0.25, -0.2) is 4.39 Å². The van der Waals surface area contributed by atoms with Crippen LogP contribution >= 0.6 is 0 Å². The number of benzene rings is 1. The van der Waals surface area contributed by atoms with Crippen LogP contribution in [0.4, 0.5) is 10.1 Å². The van der Waals surface area contributed by atoms with Gasteiger partial charge >= 0.3 is 11.8 Å². The second-order valence-electron chi connectivity index (χ2n) is 5.93. The van der Waals surface area contributed by atoms with Gasteiger partial charge in [-0.2, -0.15) is 0 Å². The number of anilines is 1. The van der Waals surface area contributed by atoms with Crippen molar-refractivity contribution in [1.82, 2.24) is 10.2 Å². The topological polar surface area (TPSA) is 61.4 Å². The van der Waals surface area contributed by atoms with Gasteiger partial charge in [0.15, 0.2) is 0 Å². The highest BCUT2D eigenvalue weighted by Crippen LogP contribution is 2.27. The van der Waals surface area contributed by atoms with E-state index < -0.39 is 11.8 Å². The average Bonchev–Trinajstić information content (AvgIpc) is 2.93. The van der Waals surface area contributed by atoms with E-state index in [1.54, 1.807) is 0 Å². The fourth-order valence-electron chi connectivity index (χ4n) is 3.37. The van der Waals surface area contributed by atoms with Crippen molar-refractivity contribution in [3.63, 3.8) is 0 Å². The van der Waals surface area contributed by atoms with Crippen molar-refractivity contribution in [3.05, 3.63) is 30.1 Å². The molecular weight excluding hydrogens is 285 g/mol. The maximum atomic E-state index is 12.8. The summed E-state index contributed by atoms with van der Waals surface area (Å²) < 4.78 is 12.8. The van der Waals surface area contributed by atoms with E-state index in [1.807, 2.05) is 0 Å². The largest absolute Gasteiger partial charge is 0.343 e. The Kier molecular flexibility index (Phi) is 4.38. The van der Waals surface area contributed by atoms with Gasteiger partial charge in [0.1, 0.15) is 5.82 Å². The number of fused-ring (bicyclic) bond motifs is 1. The molecule has 2 heterocycles. The molecule has 2 unspecified atom stereocenters. The number of hydrogen-bond donors (Lipinski definition) is 2. The SMILES string of the molecule is O=C(Nc1ccc(F)cc1)C(=O)NC1CCN2CCCCC12. The molecule has 0 aliphatic carbocycles. The predicted octanol–water partition coefficient (Wildman–Crippen LogP) is 1.51. The van der Waals surface area contributed by atoms with Gasteiger partial charge in [-0.1, -0.05) is 6.42 Å². The van der Waals surface area contributed by atoms with Crippen LogP contribution in [0.25, 0.3) is 0 Å². The van der Waals surface area contributed by atoms with Crippen LogP contribution in [-0.4, -0.2) is 41.9 Å². The Labute approximate surface area is 128 Å². The number of rotatable bonds is 2. The third kappa shape index (κ3) is 3.27. The monoisotopic (exact) mass is 305 g/mol. The first-order chi connectivity index (χ1) is 10.6. The number of carbonyl (C=O) groups is 2. The highest BCUT2D eigenvalue weighted by atomic mass is 19.1. The molecule has 2 fully saturated rings. The van der Waals surface area contributed by atoms with Crippen molar-refractivity contribution >= 4 is 17.5 Å². The van der Waals surface area contributed by atoms with Crippen molar-refractivity contribution < 1.29 is 14.0 Å². The van der Waals surface area contributed by atoms with Crippen molar-refractivity contribution in [2.24, 2.45) is 0 Å². The summed E-state index contributed by atoms with van der Waals surface area (Å²) in [7, 11) is 0. The quantitative estimate of drug-likeness (QED) is 0.814. The van der Waals surface area contributed by atoms with E-state index in [-0.39, 0.29) is 11.9 Å². The summed E-state index contributed by atoms with van der Waals surface area (Å²) in [4.78, 5) is 26.3. The summed E-state index contributed by atoms with van der Waals surface area (Å²) in [5, 5.41) is 5.33. The van der Waals surface area contributed by atoms with Gasteiger partial charge in [0.2, 0.25) is 0 Å². The first-order valence-corrected chi connectivity index (χ1v) is 7.75. The smallest absolute Gasteiger partial charge is 0.313 e. The minimum absolute atomic E-state index is 0.0479. The molecule has 2 aliphatic rings. The normalized spacial score (nSPS) is 24.6. The van der Waals surface area contributed by atoms with Crippen LogP contribution in [0, 0.1) is 5.82 Å². The molecule has 5 nitrogen and oxygen atoms in total. The summed E-state index contributed by atoms with van der Waals surface area (Å²) in [5.41, 5.74) is 0.410. The van der Waals surface area contributed by atoms with E-state index >= 15 is 0 Å². The first kappa shape index (κ1) is 15.0. The van der Waals surface area contributed by atoms with Crippen molar-refractivity contribution in [2.45, 2.75) is 37.8 Å². The number of halogens is 1. The number of carbonyl (C=O) groups excluding carboxylic acids is 2. The zero-order chi connectivity index (χ0) is 15.5. The van der Waals surface area contributed by atoms with Crippen LogP contribution in [0.1, 0.15) is 25.7 Å². The molecule has 2 saturated heterocycles. The van der Waals surface area contributed by atoms with Gasteiger partial charge in [-0.3, -0.25) is 14.5 Å². The second-order valence-corrected chi connectivity index (χ2v) is 5.93. The molecule has 2 atom stereocenters. The molecule has 2 amide bonds. The van der Waals surface area contributed by atoms with Crippen LogP contribution in [0.15, 0.2) is 24.3 Å². The lowest BCUT2D eigenvalue weighted by Crippen LogP contribution is -2.49. The molecule has 1 aromatic rings. The molecule has 0 bridgehead atoms. The molecule has 1 aromatic carbocycles. The van der Waals surface area contributed by atoms with Crippen molar-refractivity contribution in [1.29, 1.82) is 0 Å². The molecule has 2 aliphatic heterocycles. The Balaban J connectivity index is 1.55. The summed E-state index contributed by atoms with van der Waals surface area (Å²) >= 11 is 0. The Morgan fingerprint density at radius 2 is 1.82 bits per heavy atom. The number of nitrogens with zero attached hydrogens (tertiary/aromatic N) is 1. The summed E-state index contributed by atoms with van der Waals surface area (Å²) in [5.74, 6) is -1.71. The fourth-order valence-corrected chi connectivity index (χ4v) is 3.37. The Morgan fingerprint density at radius 3 is 2.59 bits per heavy atom. The third-order valence-corrected chi connectivity index (χ3v) is 4.48. The van der Waals surface area contributed by atoms with Gasteiger partial charge in [0, 0.05) is 24.3 Å². The van der Waals surface area contributed by atoms with E-state index in [9.17, 15) is 14.0 Å². The number of piperidine rings is 1. The van der Waals surface area contributed by atoms with Crippen LogP contribution in [0.5, 0.6) is 0 Å². The first-order valence-electron chi connectivity index (χ1n) is 7.75. The van der Waals surface area contributed by atoms with Gasteiger partial charge in [-0.15, -0.1) is 0 Å². The van der Waals surface area contributed by atoms with Gasteiger partial charge in [0.05, 0.1) is 0 Å². The molecule has 0 radical (unpaired) electrons. The summed E-state index contributed by atoms with van der Waals surface area (Å²) in [6.07, 6.45) is 4.35. The molecule has 0 aromatic heterocycles. The number of amides is 2. The zero-order valence-corrected chi connectivity index (χ0v) is 12.3. The molecule has 22 heavy (non-hydrogen) atoms. The van der Waals surface area contributed by atoms with Gasteiger partial charge < -0.3 is 10.6 Å². The van der Waals surface area contributed by atoms with Crippen molar-refractivity contribution in [3.8, 4) is 0 Å². The van der Waals surface area contributed by atoms with Crippen LogP contribution in [0.3, 0.4) is 0 Å². The average molecular weight is 305 g/mol. The maximum Gasteiger partial charge on any atom is 0.313 e. The lowest BCUT2D eigenvalue weighted by molar-refractivity contribution is -0.136. The van der Waals surface area contributed by atoms with E-state index in [0.717, 1.165) is 25.9 Å². The maximum absolute atomic E-state index is 12.8. The van der Waals surface area contributed by atoms with Crippen molar-refractivity contribution in [2.75, 3.05) is 18.4 Å². The van der Waals surface area contributed by atoms with E-state index in [1.165, 1.54) is 37.1 Å². The lowest BCUT2D eigenvalue weighted by atomic mass is 9.99. The number of hydrogen-bond acceptors (Lipinski definition) is 3. The second kappa shape index (κ2) is 6.44. The lowest BCUT2D eigenvalue weighted by Gasteiger charge is -2.32. The van der Waals surface area contributed by atoms with Gasteiger partial charge in [0.25, 0.3) is 0 Å². The van der Waals surface area contributed by atoms with Crippen LogP contribution in [-0.2, 0) is 9.59 Å². The van der Waals surface area contributed by atoms with Crippen LogP contribution in [0.2, 0.25) is 0 Å². The van der Waals surface area contributed by atoms with Crippen LogP contribution < -0.4 is 10.6 Å². The van der Waals surface area contributed by atoms with Gasteiger partial charge in [-0.05, 0) is 50.1 Å². The fraction of sp³-hybridized carbons (Fsp3) is 0.500. The zero-order valence-electron chi connectivity index (χ0n) is 12.3. The highest BCUT2D eigenvalue weighted by molar-refractivity contribution is 6.39. The van der Waals surface area contributed by atoms with E-state index in [2.05, 4.69) is 15.5 Å². The molecule has 118 valence electrons. The molecule has 2 N–H and O–H groups in total. The predicted molar refractivity (Wildman–Crippen MR) is 80.8 cm³/mol. The minimum Gasteiger partial charge on any atom is -0.343 e. The Bertz CT molecular complexity index is 561. The molecule has 0 spiro atoms. The summed E-state index contributed by atoms with van der Waals surface area (Å²) in [6, 6.07) is 5.75. The third-order valence-electron chi connectivity index (χ3n) is 4.48. The minimum atomic E-state index is -0.708. The summed E-state index contributed by atoms with van der Waals surface area (Å²) in [6.45, 7) is 2.06. The molecule has 6 heteroatoms. The highest BCUT2D eigenvalue weighted by Gasteiger charge is 2.36. The molecule has 0 saturated carbocycles. The van der Waals surface area contributed by atoms with E-state index in [0.29, 0.717) is 11.7 Å². The Morgan fingerprint density at radius 1 is 1.05 bits per heavy atom. The standard InChI is InChI=1S/C16H20FN3O2/c17-11-4-6-12(7-5-11)18-15(21)16(22)19-13-8-10-20-9-2-1-3-14(13)20/h4-7,13-14H,1-3,8-10H2,(H,18,21)(H,19,22). The molecule has 3 rings (SSSR count). The molecular formula is C16H20FN3O2. The van der Waals surface area contributed by atoms with E-state index in [4.69, 9.17) is 0 Å². The Hall–Kier alpha value is -1.95.